The second-order valence-corrected chi connectivity index (χ2v) is 26.7. The molecule has 2 N–H and O–H groups in total. The number of benzene rings is 5. The van der Waals surface area contributed by atoms with Gasteiger partial charge < -0.3 is 48.9 Å². The molecule has 16 nitrogen and oxygen atoms in total. The van der Waals surface area contributed by atoms with Gasteiger partial charge in [0.2, 0.25) is 11.8 Å². The fourth-order valence-corrected chi connectivity index (χ4v) is 14.5. The van der Waals surface area contributed by atoms with Crippen molar-refractivity contribution in [3.8, 4) is 11.1 Å². The maximum atomic E-state index is 14.3. The molecule has 96 heavy (non-hydrogen) atoms. The van der Waals surface area contributed by atoms with Crippen molar-refractivity contribution in [1.29, 1.82) is 0 Å². The van der Waals surface area contributed by atoms with Gasteiger partial charge in [-0.25, -0.2) is 9.18 Å². The van der Waals surface area contributed by atoms with Crippen molar-refractivity contribution in [2.45, 2.75) is 107 Å². The Balaban J connectivity index is 0.623. The summed E-state index contributed by atoms with van der Waals surface area (Å²) in [4.78, 5) is 78.4. The molecule has 0 saturated carbocycles. The molecule has 3 fully saturated rings. The van der Waals surface area contributed by atoms with E-state index in [1.165, 1.54) is 35.6 Å². The summed E-state index contributed by atoms with van der Waals surface area (Å²) in [6, 6.07) is 33.9. The van der Waals surface area contributed by atoms with Gasteiger partial charge in [0.25, 0.3) is 11.8 Å². The number of likely N-dealkylation sites (tertiary alicyclic amines) is 2. The van der Waals surface area contributed by atoms with Crippen LogP contribution < -0.4 is 10.6 Å². The van der Waals surface area contributed by atoms with E-state index < -0.39 is 64.6 Å². The van der Waals surface area contributed by atoms with Crippen LogP contribution in [0.15, 0.2) is 127 Å². The largest absolute Gasteiger partial charge is 0.446 e. The second kappa shape index (κ2) is 31.1. The van der Waals surface area contributed by atoms with Gasteiger partial charge in [0.15, 0.2) is 0 Å². The molecule has 3 aliphatic heterocycles. The number of carbonyl (C=O) groups excluding carboxylic acids is 5. The van der Waals surface area contributed by atoms with Crippen LogP contribution in [0.1, 0.15) is 111 Å². The molecule has 0 bridgehead atoms. The summed E-state index contributed by atoms with van der Waals surface area (Å²) in [7, 11) is 5.25. The van der Waals surface area contributed by atoms with E-state index in [1.807, 2.05) is 86.8 Å². The molecule has 10 rings (SSSR count). The number of alkyl halides is 6. The normalized spacial score (nSPS) is 18.3. The quantitative estimate of drug-likeness (QED) is 0.0415. The summed E-state index contributed by atoms with van der Waals surface area (Å²) in [5.41, 5.74) is 0.542. The molecule has 4 heterocycles. The highest BCUT2D eigenvalue weighted by Gasteiger charge is 2.50. The number of halogens is 7. The highest BCUT2D eigenvalue weighted by molar-refractivity contribution is 7.18. The van der Waals surface area contributed by atoms with Crippen LogP contribution in [0, 0.1) is 12.7 Å². The molecule has 5 aromatic carbocycles. The average Bonchev–Trinajstić information content (AvgIpc) is 1.58. The first kappa shape index (κ1) is 70.9. The summed E-state index contributed by atoms with van der Waals surface area (Å²) >= 11 is 1.39. The first-order chi connectivity index (χ1) is 45.9. The smallest absolute Gasteiger partial charge is 0.416 e. The number of ether oxygens (including phenoxy) is 3. The number of carbonyl (C=O) groups is 5. The standard InChI is InChI=1S/C72H83F7N8O8S/c1-49-41-62(80-31-14-6-9-21-63(88)82(2)39-40-85-32-26-57(27-33-85)95-68(92)81-60-20-13-11-18-58(60)50-15-7-5-8-16-50)96-65(49)67(91)84(4)38-37-83(3)64(89)46-93-61-44-51-17-10-12-19-59(51)69(61)28-34-86(35-29-69)36-30-70(53-22-24-56(73)25-23-53)47-87(48-94-70)66(90)52-42-54(71(74,75)76)45-55(43-52)72(77,78)79/h5,7-8,10-13,15-20,22-25,41-43,45,57,61,80H,6,9,14,21,26-40,44,46-48H2,1-4H3,(H,81,92)/t61-,70-/m0/s1. The van der Waals surface area contributed by atoms with Crippen LogP contribution in [0.25, 0.3) is 11.1 Å². The van der Waals surface area contributed by atoms with Crippen molar-refractivity contribution < 1.29 is 68.9 Å². The Kier molecular flexibility index (Phi) is 23.0. The highest BCUT2D eigenvalue weighted by atomic mass is 32.1. The minimum absolute atomic E-state index is 0.0295. The Morgan fingerprint density at radius 1 is 0.708 bits per heavy atom. The monoisotopic (exact) mass is 1350 g/mol. The highest BCUT2D eigenvalue weighted by Crippen LogP contribution is 2.49. The number of piperidine rings is 2. The molecule has 514 valence electrons. The van der Waals surface area contributed by atoms with Crippen LogP contribution >= 0.6 is 11.3 Å². The van der Waals surface area contributed by atoms with Crippen molar-refractivity contribution in [2.24, 2.45) is 0 Å². The summed E-state index contributed by atoms with van der Waals surface area (Å²) in [5.74, 6) is -1.89. The first-order valence-corrected chi connectivity index (χ1v) is 33.5. The van der Waals surface area contributed by atoms with Gasteiger partial charge in [0.05, 0.1) is 39.3 Å². The number of hydrogen-bond donors (Lipinski definition) is 2. The molecule has 1 spiro atoms. The molecule has 6 aromatic rings. The van der Waals surface area contributed by atoms with Crippen LogP contribution in [-0.4, -0.2) is 178 Å². The fourth-order valence-electron chi connectivity index (χ4n) is 13.5. The average molecular weight is 1350 g/mol. The van der Waals surface area contributed by atoms with Gasteiger partial charge in [-0.15, -0.1) is 11.3 Å². The van der Waals surface area contributed by atoms with Crippen LogP contribution in [0.5, 0.6) is 0 Å². The number of likely N-dealkylation sites (N-methyl/N-ethyl adjacent to an activating group) is 3. The number of anilines is 2. The van der Waals surface area contributed by atoms with E-state index in [-0.39, 0.29) is 68.7 Å². The second-order valence-electron chi connectivity index (χ2n) is 25.7. The van der Waals surface area contributed by atoms with Crippen molar-refractivity contribution in [2.75, 3.05) is 117 Å². The van der Waals surface area contributed by atoms with E-state index in [9.17, 15) is 54.7 Å². The molecular formula is C72H83F7N8O8S. The summed E-state index contributed by atoms with van der Waals surface area (Å²) < 4.78 is 116. The zero-order valence-corrected chi connectivity index (χ0v) is 55.4. The molecule has 24 heteroatoms. The lowest BCUT2D eigenvalue weighted by Crippen LogP contribution is -2.50. The van der Waals surface area contributed by atoms with E-state index in [4.69, 9.17) is 14.2 Å². The zero-order valence-electron chi connectivity index (χ0n) is 54.5. The Labute approximate surface area is 559 Å². The molecule has 0 unspecified atom stereocenters. The number of fused-ring (bicyclic) bond motifs is 2. The summed E-state index contributed by atoms with van der Waals surface area (Å²) in [5, 5.41) is 7.25. The summed E-state index contributed by atoms with van der Waals surface area (Å²) in [6.07, 6.45) is -4.73. The topological polar surface area (TPSA) is 157 Å². The van der Waals surface area contributed by atoms with Crippen LogP contribution in [0.2, 0.25) is 0 Å². The number of amides is 5. The number of para-hydroxylation sites is 1. The Bertz CT molecular complexity index is 3640. The Hall–Kier alpha value is -7.90. The predicted octanol–water partition coefficient (Wildman–Crippen LogP) is 13.0. The molecule has 5 amide bonds. The number of nitrogens with zero attached hydrogens (tertiary/aromatic N) is 6. The van der Waals surface area contributed by atoms with Gasteiger partial charge >= 0.3 is 18.4 Å². The minimum atomic E-state index is -5.15. The van der Waals surface area contributed by atoms with Gasteiger partial charge in [0, 0.05) is 96.5 Å². The van der Waals surface area contributed by atoms with Crippen molar-refractivity contribution in [1.82, 2.24) is 29.4 Å². The molecular weight excluding hydrogens is 1270 g/mol. The fraction of sp³-hybridized carbons (Fsp3) is 0.458. The Morgan fingerprint density at radius 2 is 1.35 bits per heavy atom. The predicted molar refractivity (Wildman–Crippen MR) is 353 cm³/mol. The summed E-state index contributed by atoms with van der Waals surface area (Å²) in [6.45, 7) is 6.84. The van der Waals surface area contributed by atoms with E-state index >= 15 is 0 Å². The van der Waals surface area contributed by atoms with Gasteiger partial charge in [-0.2, -0.15) is 26.3 Å². The zero-order chi connectivity index (χ0) is 68.4. The van der Waals surface area contributed by atoms with E-state index in [2.05, 4.69) is 32.6 Å². The third-order valence-electron chi connectivity index (χ3n) is 19.3. The van der Waals surface area contributed by atoms with Gasteiger partial charge in [-0.3, -0.25) is 24.5 Å². The van der Waals surface area contributed by atoms with Crippen molar-refractivity contribution in [3.05, 3.63) is 177 Å². The van der Waals surface area contributed by atoms with Gasteiger partial charge in [0.1, 0.15) is 30.9 Å². The maximum Gasteiger partial charge on any atom is 0.416 e. The SMILES string of the molecule is Cc1cc(NCCCCCC(=O)N(C)CCN2CCC(OC(=O)Nc3ccccc3-c3ccccc3)CC2)sc1C(=O)N(C)CCN(C)C(=O)CO[C@H]1Cc2ccccc2C12CCN(CC[C@@]1(c3ccc(F)cc3)CN(C(=O)c3cc(C(F)(F)F)cc(C(F)(F)F)c3)CO1)CC2. The molecule has 4 aliphatic rings. The number of thiophene rings is 1. The number of unbranched alkanes of at least 4 members (excludes halogenated alkanes) is 2. The minimum Gasteiger partial charge on any atom is -0.446 e. The number of rotatable bonds is 25. The van der Waals surface area contributed by atoms with Crippen LogP contribution in [0.4, 0.5) is 46.2 Å². The molecule has 2 atom stereocenters. The molecule has 1 aromatic heterocycles. The number of nitrogens with one attached hydrogen (secondary N) is 2. The van der Waals surface area contributed by atoms with E-state index in [1.54, 1.807) is 28.8 Å². The lowest BCUT2D eigenvalue weighted by atomic mass is 9.72. The molecule has 1 aliphatic carbocycles. The third-order valence-corrected chi connectivity index (χ3v) is 20.4. The van der Waals surface area contributed by atoms with Gasteiger partial charge in [-0.1, -0.05) is 91.3 Å². The lowest BCUT2D eigenvalue weighted by Gasteiger charge is -2.44. The van der Waals surface area contributed by atoms with Crippen molar-refractivity contribution >= 4 is 51.7 Å². The Morgan fingerprint density at radius 3 is 2.06 bits per heavy atom. The lowest BCUT2D eigenvalue weighted by molar-refractivity contribution is -0.143. The molecule has 0 radical (unpaired) electrons. The number of aryl methyl sites for hydroxylation is 1. The van der Waals surface area contributed by atoms with Crippen LogP contribution in [0.3, 0.4) is 0 Å². The van der Waals surface area contributed by atoms with Crippen LogP contribution in [-0.2, 0) is 53.6 Å². The van der Waals surface area contributed by atoms with Gasteiger partial charge in [-0.05, 0) is 142 Å². The van der Waals surface area contributed by atoms with E-state index in [0.29, 0.717) is 86.7 Å². The number of hydrogen-bond acceptors (Lipinski definition) is 12. The third kappa shape index (κ3) is 17.4. The first-order valence-electron chi connectivity index (χ1n) is 32.7. The maximum absolute atomic E-state index is 14.3. The molecule has 3 saturated heterocycles. The van der Waals surface area contributed by atoms with E-state index in [0.717, 1.165) is 89.5 Å². The van der Waals surface area contributed by atoms with Crippen molar-refractivity contribution in [3.63, 3.8) is 0 Å².